The summed E-state index contributed by atoms with van der Waals surface area (Å²) in [5, 5.41) is 0. The number of hydrogen-bond acceptors (Lipinski definition) is 2. The maximum Gasteiger partial charge on any atom is 0.0746 e. The van der Waals surface area contributed by atoms with Crippen molar-refractivity contribution in [3.8, 4) is 22.3 Å². The summed E-state index contributed by atoms with van der Waals surface area (Å²) in [6.45, 7) is 2.17. The first-order valence-corrected chi connectivity index (χ1v) is 13.2. The van der Waals surface area contributed by atoms with Crippen LogP contribution in [0.2, 0.25) is 0 Å². The van der Waals surface area contributed by atoms with E-state index in [9.17, 15) is 0 Å². The van der Waals surface area contributed by atoms with E-state index in [0.717, 1.165) is 25.0 Å². The molecule has 2 heteroatoms. The Bertz CT molecular complexity index is 1770. The van der Waals surface area contributed by atoms with E-state index in [1.807, 2.05) is 12.4 Å². The normalized spacial score (nSPS) is 16.4. The number of hydrogen-bond donors (Lipinski definition) is 0. The molecule has 2 nitrogen and oxygen atoms in total. The van der Waals surface area contributed by atoms with Crippen LogP contribution in [0, 0.1) is 6.92 Å². The Morgan fingerprint density at radius 2 is 1.38 bits per heavy atom. The topological polar surface area (TPSA) is 25.8 Å². The van der Waals surface area contributed by atoms with Gasteiger partial charge in [0.05, 0.1) is 11.4 Å². The van der Waals surface area contributed by atoms with E-state index in [1.165, 1.54) is 72.5 Å². The van der Waals surface area contributed by atoms with Crippen LogP contribution in [-0.2, 0) is 12.8 Å². The molecule has 1 unspecified atom stereocenters. The van der Waals surface area contributed by atoms with Gasteiger partial charge in [-0.15, -0.1) is 0 Å². The molecule has 2 aromatic heterocycles. The minimum absolute atomic E-state index is 0.251. The standard InChI is InChI=1S/C35H26N2/c1-21-10-11-23-20-33-28(31(23)18-21)15-17-37-35(33)30-13-12-29(25-8-4-5-9-26(25)30)34-32-19-22-6-2-3-7-24(22)27(32)14-16-36-34/h2-11,13-18,29H,12,19-20H2,1H3. The van der Waals surface area contributed by atoms with Gasteiger partial charge in [-0.05, 0) is 81.1 Å². The third-order valence-corrected chi connectivity index (χ3v) is 8.51. The van der Waals surface area contributed by atoms with E-state index in [1.54, 1.807) is 0 Å². The fraction of sp³-hybridized carbons (Fsp3) is 0.143. The number of pyridine rings is 2. The first kappa shape index (κ1) is 20.8. The molecule has 0 bridgehead atoms. The van der Waals surface area contributed by atoms with Crippen molar-refractivity contribution >= 4 is 5.57 Å². The van der Waals surface area contributed by atoms with E-state index in [4.69, 9.17) is 9.97 Å². The van der Waals surface area contributed by atoms with Crippen molar-refractivity contribution in [2.75, 3.05) is 0 Å². The van der Waals surface area contributed by atoms with E-state index < -0.39 is 0 Å². The Morgan fingerprint density at radius 3 is 2.30 bits per heavy atom. The molecule has 37 heavy (non-hydrogen) atoms. The smallest absolute Gasteiger partial charge is 0.0746 e. The molecule has 3 aromatic carbocycles. The molecular formula is C35H26N2. The van der Waals surface area contributed by atoms with Gasteiger partial charge >= 0.3 is 0 Å². The van der Waals surface area contributed by atoms with Crippen molar-refractivity contribution in [3.05, 3.63) is 148 Å². The molecule has 0 saturated carbocycles. The SMILES string of the molecule is Cc1ccc2c(c1)-c1ccnc(C3=CCC(c4nccc5c4Cc4ccccc4-5)c4ccccc43)c1C2. The molecule has 0 radical (unpaired) electrons. The Kier molecular flexibility index (Phi) is 4.42. The van der Waals surface area contributed by atoms with Crippen LogP contribution in [0.3, 0.4) is 0 Å². The number of nitrogens with zero attached hydrogens (tertiary/aromatic N) is 2. The Balaban J connectivity index is 1.25. The van der Waals surface area contributed by atoms with Crippen LogP contribution in [0.4, 0.5) is 0 Å². The highest BCUT2D eigenvalue weighted by Gasteiger charge is 2.32. The number of aromatic nitrogens is 2. The quantitative estimate of drug-likeness (QED) is 0.255. The lowest BCUT2D eigenvalue weighted by atomic mass is 9.78. The minimum atomic E-state index is 0.251. The Morgan fingerprint density at radius 1 is 0.649 bits per heavy atom. The summed E-state index contributed by atoms with van der Waals surface area (Å²) in [6.07, 6.45) is 9.27. The van der Waals surface area contributed by atoms with Crippen molar-refractivity contribution in [1.82, 2.24) is 9.97 Å². The van der Waals surface area contributed by atoms with Crippen LogP contribution in [0.5, 0.6) is 0 Å². The van der Waals surface area contributed by atoms with Gasteiger partial charge in [0.15, 0.2) is 0 Å². The molecule has 0 spiro atoms. The van der Waals surface area contributed by atoms with Crippen LogP contribution < -0.4 is 0 Å². The summed E-state index contributed by atoms with van der Waals surface area (Å²) in [7, 11) is 0. The summed E-state index contributed by atoms with van der Waals surface area (Å²) in [5.41, 5.74) is 18.6. The molecule has 0 N–H and O–H groups in total. The molecule has 0 fully saturated rings. The third kappa shape index (κ3) is 3.05. The fourth-order valence-corrected chi connectivity index (χ4v) is 6.82. The lowest BCUT2D eigenvalue weighted by molar-refractivity contribution is 0.770. The van der Waals surface area contributed by atoms with Gasteiger partial charge in [-0.1, -0.05) is 78.4 Å². The summed E-state index contributed by atoms with van der Waals surface area (Å²) in [5.74, 6) is 0.251. The summed E-state index contributed by atoms with van der Waals surface area (Å²) in [6, 6.07) is 28.9. The number of allylic oxidation sites excluding steroid dienone is 1. The van der Waals surface area contributed by atoms with E-state index in [-0.39, 0.29) is 5.92 Å². The number of benzene rings is 3. The highest BCUT2D eigenvalue weighted by molar-refractivity contribution is 5.89. The van der Waals surface area contributed by atoms with Gasteiger partial charge in [0.1, 0.15) is 0 Å². The van der Waals surface area contributed by atoms with Crippen molar-refractivity contribution in [3.63, 3.8) is 0 Å². The largest absolute Gasteiger partial charge is 0.260 e. The molecule has 2 heterocycles. The number of fused-ring (bicyclic) bond motifs is 7. The van der Waals surface area contributed by atoms with Crippen LogP contribution in [0.25, 0.3) is 27.8 Å². The van der Waals surface area contributed by atoms with E-state index >= 15 is 0 Å². The average Bonchev–Trinajstić information content (AvgIpc) is 3.51. The van der Waals surface area contributed by atoms with E-state index in [2.05, 4.69) is 91.9 Å². The maximum absolute atomic E-state index is 5.00. The predicted molar refractivity (Wildman–Crippen MR) is 150 cm³/mol. The Hall–Kier alpha value is -4.30. The second-order valence-corrected chi connectivity index (χ2v) is 10.6. The fourth-order valence-electron chi connectivity index (χ4n) is 6.82. The van der Waals surface area contributed by atoms with Crippen LogP contribution in [-0.4, -0.2) is 9.97 Å². The molecule has 1 atom stereocenters. The van der Waals surface area contributed by atoms with Gasteiger partial charge in [-0.25, -0.2) is 0 Å². The zero-order chi connectivity index (χ0) is 24.5. The van der Waals surface area contributed by atoms with Gasteiger partial charge < -0.3 is 0 Å². The van der Waals surface area contributed by atoms with Crippen LogP contribution >= 0.6 is 0 Å². The minimum Gasteiger partial charge on any atom is -0.260 e. The van der Waals surface area contributed by atoms with Gasteiger partial charge in [0, 0.05) is 36.7 Å². The lowest BCUT2D eigenvalue weighted by Crippen LogP contribution is -2.13. The summed E-state index contributed by atoms with van der Waals surface area (Å²) < 4.78 is 0. The predicted octanol–water partition coefficient (Wildman–Crippen LogP) is 7.89. The van der Waals surface area contributed by atoms with E-state index in [0.29, 0.717) is 0 Å². The summed E-state index contributed by atoms with van der Waals surface area (Å²) >= 11 is 0. The van der Waals surface area contributed by atoms with Crippen LogP contribution in [0.15, 0.2) is 97.3 Å². The molecule has 8 rings (SSSR count). The number of aryl methyl sites for hydroxylation is 1. The molecule has 0 saturated heterocycles. The van der Waals surface area contributed by atoms with Crippen molar-refractivity contribution in [1.29, 1.82) is 0 Å². The average molecular weight is 475 g/mol. The van der Waals surface area contributed by atoms with Gasteiger partial charge in [-0.3, -0.25) is 9.97 Å². The molecule has 5 aromatic rings. The maximum atomic E-state index is 5.00. The lowest BCUT2D eigenvalue weighted by Gasteiger charge is -2.27. The van der Waals surface area contributed by atoms with Gasteiger partial charge in [0.2, 0.25) is 0 Å². The monoisotopic (exact) mass is 474 g/mol. The zero-order valence-corrected chi connectivity index (χ0v) is 20.8. The van der Waals surface area contributed by atoms with Gasteiger partial charge in [0.25, 0.3) is 0 Å². The second-order valence-electron chi connectivity index (χ2n) is 10.6. The van der Waals surface area contributed by atoms with Crippen molar-refractivity contribution in [2.45, 2.75) is 32.1 Å². The molecule has 0 amide bonds. The highest BCUT2D eigenvalue weighted by atomic mass is 14.7. The zero-order valence-electron chi connectivity index (χ0n) is 20.8. The van der Waals surface area contributed by atoms with Gasteiger partial charge in [-0.2, -0.15) is 0 Å². The van der Waals surface area contributed by atoms with Crippen molar-refractivity contribution < 1.29 is 0 Å². The van der Waals surface area contributed by atoms with Crippen LogP contribution in [0.1, 0.15) is 62.7 Å². The molecular weight excluding hydrogens is 448 g/mol. The Labute approximate surface area is 217 Å². The molecule has 176 valence electrons. The highest BCUT2D eigenvalue weighted by Crippen LogP contribution is 2.47. The second kappa shape index (κ2) is 7.85. The molecule has 0 aliphatic heterocycles. The third-order valence-electron chi connectivity index (χ3n) is 8.51. The van der Waals surface area contributed by atoms with Crippen molar-refractivity contribution in [2.24, 2.45) is 0 Å². The first-order chi connectivity index (χ1) is 18.3. The summed E-state index contributed by atoms with van der Waals surface area (Å²) in [4.78, 5) is 9.98. The first-order valence-electron chi connectivity index (χ1n) is 13.2. The number of rotatable bonds is 2. The molecule has 3 aliphatic carbocycles. The molecule has 3 aliphatic rings.